The Morgan fingerprint density at radius 1 is 1.43 bits per heavy atom. The minimum atomic E-state index is 0.257. The van der Waals surface area contributed by atoms with Crippen molar-refractivity contribution in [3.05, 3.63) is 33.8 Å². The van der Waals surface area contributed by atoms with E-state index in [-0.39, 0.29) is 6.04 Å². The van der Waals surface area contributed by atoms with E-state index in [1.54, 1.807) is 7.11 Å². The van der Waals surface area contributed by atoms with Gasteiger partial charge >= 0.3 is 0 Å². The summed E-state index contributed by atoms with van der Waals surface area (Å²) in [4.78, 5) is 2.53. The minimum absolute atomic E-state index is 0.257. The van der Waals surface area contributed by atoms with E-state index in [4.69, 9.17) is 10.5 Å². The molecule has 1 aliphatic rings. The van der Waals surface area contributed by atoms with Gasteiger partial charge in [-0.05, 0) is 49.8 Å². The van der Waals surface area contributed by atoms with Crippen molar-refractivity contribution in [3.8, 4) is 0 Å². The molecule has 0 bridgehead atoms. The van der Waals surface area contributed by atoms with Crippen molar-refractivity contribution >= 4 is 15.9 Å². The summed E-state index contributed by atoms with van der Waals surface area (Å²) in [6.45, 7) is 6.76. The molecule has 1 aromatic rings. The second-order valence-electron chi connectivity index (χ2n) is 6.07. The lowest BCUT2D eigenvalue weighted by Crippen LogP contribution is -2.43. The Hall–Kier alpha value is -0.420. The molecule has 1 saturated carbocycles. The molecule has 0 spiro atoms. The van der Waals surface area contributed by atoms with Crippen molar-refractivity contribution < 1.29 is 4.74 Å². The van der Waals surface area contributed by atoms with Gasteiger partial charge in [0.15, 0.2) is 0 Å². The van der Waals surface area contributed by atoms with Crippen molar-refractivity contribution in [1.82, 2.24) is 4.90 Å². The van der Waals surface area contributed by atoms with Crippen LogP contribution >= 0.6 is 15.9 Å². The van der Waals surface area contributed by atoms with Crippen LogP contribution in [0.4, 0.5) is 0 Å². The van der Waals surface area contributed by atoms with Gasteiger partial charge in [0.25, 0.3) is 0 Å². The van der Waals surface area contributed by atoms with E-state index in [2.05, 4.69) is 52.9 Å². The molecule has 0 radical (unpaired) electrons. The van der Waals surface area contributed by atoms with Gasteiger partial charge < -0.3 is 10.5 Å². The first-order valence-electron chi connectivity index (χ1n) is 7.79. The summed E-state index contributed by atoms with van der Waals surface area (Å²) >= 11 is 3.64. The van der Waals surface area contributed by atoms with Crippen LogP contribution in [-0.4, -0.2) is 37.7 Å². The normalized spacial score (nSPS) is 18.0. The van der Waals surface area contributed by atoms with Crippen molar-refractivity contribution in [3.63, 3.8) is 0 Å². The lowest BCUT2D eigenvalue weighted by atomic mass is 10.0. The topological polar surface area (TPSA) is 38.5 Å². The first kappa shape index (κ1) is 16.9. The fraction of sp³-hybridized carbons (Fsp3) is 0.647. The van der Waals surface area contributed by atoms with Gasteiger partial charge in [0, 0.05) is 36.8 Å². The monoisotopic (exact) mass is 354 g/mol. The summed E-state index contributed by atoms with van der Waals surface area (Å²) in [5.74, 6) is 0.824. The van der Waals surface area contributed by atoms with Crippen LogP contribution in [0.15, 0.2) is 22.7 Å². The molecule has 2 unspecified atom stereocenters. The Labute approximate surface area is 137 Å². The third kappa shape index (κ3) is 4.28. The zero-order valence-electron chi connectivity index (χ0n) is 13.3. The van der Waals surface area contributed by atoms with Crippen LogP contribution in [0, 0.1) is 12.8 Å². The third-order valence-electron chi connectivity index (χ3n) is 4.59. The van der Waals surface area contributed by atoms with E-state index in [0.717, 1.165) is 23.5 Å². The number of ether oxygens (including phenoxy) is 1. The van der Waals surface area contributed by atoms with Crippen LogP contribution < -0.4 is 5.73 Å². The number of nitrogens with zero attached hydrogens (tertiary/aromatic N) is 1. The molecule has 4 heteroatoms. The molecular formula is C17H27BrN2O. The summed E-state index contributed by atoms with van der Waals surface area (Å²) in [7, 11) is 1.76. The number of methoxy groups -OCH3 is 1. The summed E-state index contributed by atoms with van der Waals surface area (Å²) in [5, 5.41) is 0. The molecule has 1 aliphatic carbocycles. The molecule has 0 aliphatic heterocycles. The Morgan fingerprint density at radius 3 is 2.67 bits per heavy atom. The smallest absolute Gasteiger partial charge is 0.0590 e. The van der Waals surface area contributed by atoms with Gasteiger partial charge in [0.1, 0.15) is 0 Å². The number of benzene rings is 1. The molecule has 1 aromatic carbocycles. The second-order valence-corrected chi connectivity index (χ2v) is 6.92. The molecule has 21 heavy (non-hydrogen) atoms. The number of nitrogens with two attached hydrogens (primary N) is 1. The van der Waals surface area contributed by atoms with E-state index >= 15 is 0 Å². The van der Waals surface area contributed by atoms with Gasteiger partial charge in [-0.3, -0.25) is 4.90 Å². The first-order chi connectivity index (χ1) is 10.1. The average Bonchev–Trinajstić information content (AvgIpc) is 3.30. The number of aryl methyl sites for hydroxylation is 1. The number of rotatable bonds is 8. The maximum absolute atomic E-state index is 6.13. The highest BCUT2D eigenvalue weighted by molar-refractivity contribution is 9.10. The molecule has 0 saturated heterocycles. The van der Waals surface area contributed by atoms with Crippen LogP contribution in [0.1, 0.15) is 36.9 Å². The fourth-order valence-electron chi connectivity index (χ4n) is 2.97. The summed E-state index contributed by atoms with van der Waals surface area (Å²) in [6, 6.07) is 7.41. The van der Waals surface area contributed by atoms with Gasteiger partial charge in [0.05, 0.1) is 6.61 Å². The Kier molecular flexibility index (Phi) is 6.23. The highest BCUT2D eigenvalue weighted by Crippen LogP contribution is 2.38. The quantitative estimate of drug-likeness (QED) is 0.776. The second kappa shape index (κ2) is 7.73. The maximum Gasteiger partial charge on any atom is 0.0590 e. The predicted molar refractivity (Wildman–Crippen MR) is 91.4 cm³/mol. The van der Waals surface area contributed by atoms with Gasteiger partial charge in [0.2, 0.25) is 0 Å². The van der Waals surface area contributed by atoms with E-state index in [1.807, 2.05) is 0 Å². The largest absolute Gasteiger partial charge is 0.383 e. The standard InChI is InChI=1S/C17H27BrN2O/c1-12-4-5-15(10-16(12)18)17(11-19)20(8-9-21-3)13(2)14-6-7-14/h4-5,10,13-14,17H,6-9,11,19H2,1-3H3. The number of hydrogen-bond acceptors (Lipinski definition) is 3. The van der Waals surface area contributed by atoms with Crippen LogP contribution in [0.5, 0.6) is 0 Å². The van der Waals surface area contributed by atoms with Gasteiger partial charge in [-0.1, -0.05) is 28.1 Å². The molecule has 3 nitrogen and oxygen atoms in total. The maximum atomic E-state index is 6.13. The van der Waals surface area contributed by atoms with Crippen molar-refractivity contribution in [1.29, 1.82) is 0 Å². The molecule has 2 N–H and O–H groups in total. The Bertz CT molecular complexity index is 462. The fourth-order valence-corrected chi connectivity index (χ4v) is 3.37. The molecule has 2 atom stereocenters. The minimum Gasteiger partial charge on any atom is -0.383 e. The molecule has 2 rings (SSSR count). The highest BCUT2D eigenvalue weighted by atomic mass is 79.9. The van der Waals surface area contributed by atoms with Gasteiger partial charge in [-0.2, -0.15) is 0 Å². The Balaban J connectivity index is 2.22. The van der Waals surface area contributed by atoms with Crippen molar-refractivity contribution in [2.75, 3.05) is 26.8 Å². The van der Waals surface area contributed by atoms with Crippen LogP contribution in [-0.2, 0) is 4.74 Å². The van der Waals surface area contributed by atoms with E-state index in [9.17, 15) is 0 Å². The van der Waals surface area contributed by atoms with E-state index in [0.29, 0.717) is 12.6 Å². The molecule has 0 heterocycles. The van der Waals surface area contributed by atoms with E-state index in [1.165, 1.54) is 24.0 Å². The van der Waals surface area contributed by atoms with Gasteiger partial charge in [-0.25, -0.2) is 0 Å². The van der Waals surface area contributed by atoms with Crippen molar-refractivity contribution in [2.45, 2.75) is 38.8 Å². The molecule has 0 amide bonds. The zero-order valence-corrected chi connectivity index (χ0v) is 14.9. The highest BCUT2D eigenvalue weighted by Gasteiger charge is 2.35. The average molecular weight is 355 g/mol. The van der Waals surface area contributed by atoms with Crippen LogP contribution in [0.2, 0.25) is 0 Å². The summed E-state index contributed by atoms with van der Waals surface area (Å²) < 4.78 is 6.46. The molecule has 1 fully saturated rings. The molecular weight excluding hydrogens is 328 g/mol. The summed E-state index contributed by atoms with van der Waals surface area (Å²) in [6.07, 6.45) is 2.69. The number of hydrogen-bond donors (Lipinski definition) is 1. The first-order valence-corrected chi connectivity index (χ1v) is 8.58. The van der Waals surface area contributed by atoms with Crippen molar-refractivity contribution in [2.24, 2.45) is 11.7 Å². The Morgan fingerprint density at radius 2 is 2.14 bits per heavy atom. The number of halogens is 1. The van der Waals surface area contributed by atoms with Crippen LogP contribution in [0.25, 0.3) is 0 Å². The van der Waals surface area contributed by atoms with Crippen LogP contribution in [0.3, 0.4) is 0 Å². The van der Waals surface area contributed by atoms with Gasteiger partial charge in [-0.15, -0.1) is 0 Å². The summed E-state index contributed by atoms with van der Waals surface area (Å²) in [5.41, 5.74) is 8.67. The third-order valence-corrected chi connectivity index (χ3v) is 5.44. The zero-order chi connectivity index (χ0) is 15.4. The SMILES string of the molecule is COCCN(C(CN)c1ccc(C)c(Br)c1)C(C)C1CC1. The lowest BCUT2D eigenvalue weighted by Gasteiger charge is -2.36. The lowest BCUT2D eigenvalue weighted by molar-refractivity contribution is 0.0834. The molecule has 118 valence electrons. The van der Waals surface area contributed by atoms with E-state index < -0.39 is 0 Å². The molecule has 0 aromatic heterocycles. The predicted octanol–water partition coefficient (Wildman–Crippen LogP) is 3.50.